The first-order chi connectivity index (χ1) is 9.16. The summed E-state index contributed by atoms with van der Waals surface area (Å²) < 4.78 is 1.84. The lowest BCUT2D eigenvalue weighted by Crippen LogP contribution is -2.12. The lowest BCUT2D eigenvalue weighted by molar-refractivity contribution is 0.343. The van der Waals surface area contributed by atoms with Gasteiger partial charge in [0.25, 0.3) is 0 Å². The third-order valence-corrected chi connectivity index (χ3v) is 5.18. The molecule has 19 heavy (non-hydrogen) atoms. The molecule has 4 heteroatoms. The van der Waals surface area contributed by atoms with Crippen molar-refractivity contribution in [3.63, 3.8) is 0 Å². The van der Waals surface area contributed by atoms with Gasteiger partial charge in [-0.25, -0.2) is 0 Å². The molecule has 2 aromatic rings. The molecule has 0 unspecified atom stereocenters. The van der Waals surface area contributed by atoms with Crippen molar-refractivity contribution < 1.29 is 0 Å². The van der Waals surface area contributed by atoms with Gasteiger partial charge in [-0.15, -0.1) is 11.3 Å². The predicted octanol–water partition coefficient (Wildman–Crippen LogP) is 4.02. The highest BCUT2D eigenvalue weighted by Gasteiger charge is 2.27. The number of hydrogen-bond acceptors (Lipinski definition) is 3. The zero-order chi connectivity index (χ0) is 13.4. The summed E-state index contributed by atoms with van der Waals surface area (Å²) in [5.74, 6) is 2.25. The van der Waals surface area contributed by atoms with Gasteiger partial charge in [0.2, 0.25) is 0 Å². The summed E-state index contributed by atoms with van der Waals surface area (Å²) in [6, 6.07) is 4.23. The summed E-state index contributed by atoms with van der Waals surface area (Å²) in [6.07, 6.45) is 5.11. The highest BCUT2D eigenvalue weighted by molar-refractivity contribution is 7.13. The van der Waals surface area contributed by atoms with Crippen LogP contribution >= 0.6 is 11.3 Å². The molecule has 2 heterocycles. The largest absolute Gasteiger partial charge is 0.383 e. The van der Waals surface area contributed by atoms with Gasteiger partial charge in [0, 0.05) is 17.8 Å². The van der Waals surface area contributed by atoms with Crippen LogP contribution in [0.1, 0.15) is 44.2 Å². The van der Waals surface area contributed by atoms with Gasteiger partial charge in [-0.1, -0.05) is 25.8 Å². The standard InChI is InChI=1S/C15H21N3S/c1-10-5-7-11(8-6-10)14-13(12-4-3-9-19-12)15(16)18(2)17-14/h3-4,9-11H,5-8,16H2,1-2H3. The average Bonchev–Trinajstić information content (AvgIpc) is 3.00. The Bertz CT molecular complexity index is 548. The Morgan fingerprint density at radius 2 is 2.05 bits per heavy atom. The molecule has 1 fully saturated rings. The van der Waals surface area contributed by atoms with Crippen LogP contribution in [0.15, 0.2) is 17.5 Å². The zero-order valence-corrected chi connectivity index (χ0v) is 12.4. The minimum Gasteiger partial charge on any atom is -0.383 e. The number of anilines is 1. The molecule has 0 saturated heterocycles. The summed E-state index contributed by atoms with van der Waals surface area (Å²) in [5.41, 5.74) is 8.63. The van der Waals surface area contributed by atoms with Crippen molar-refractivity contribution in [2.24, 2.45) is 13.0 Å². The molecule has 0 aliphatic heterocycles. The van der Waals surface area contributed by atoms with Gasteiger partial charge in [-0.2, -0.15) is 5.10 Å². The Kier molecular flexibility index (Phi) is 3.35. The van der Waals surface area contributed by atoms with Gasteiger partial charge < -0.3 is 5.73 Å². The van der Waals surface area contributed by atoms with Crippen molar-refractivity contribution in [2.45, 2.75) is 38.5 Å². The summed E-state index contributed by atoms with van der Waals surface area (Å²) in [6.45, 7) is 2.35. The Balaban J connectivity index is 1.99. The van der Waals surface area contributed by atoms with E-state index in [-0.39, 0.29) is 0 Å². The van der Waals surface area contributed by atoms with E-state index in [4.69, 9.17) is 10.8 Å². The minimum absolute atomic E-state index is 0.580. The summed E-state index contributed by atoms with van der Waals surface area (Å²) in [5, 5.41) is 6.82. The number of nitrogens with zero attached hydrogens (tertiary/aromatic N) is 2. The second-order valence-electron chi connectivity index (χ2n) is 5.70. The number of rotatable bonds is 2. The topological polar surface area (TPSA) is 43.8 Å². The van der Waals surface area contributed by atoms with Crippen LogP contribution < -0.4 is 5.73 Å². The molecular weight excluding hydrogens is 254 g/mol. The number of aromatic nitrogens is 2. The number of thiophene rings is 1. The molecule has 1 saturated carbocycles. The van der Waals surface area contributed by atoms with E-state index in [2.05, 4.69) is 24.4 Å². The van der Waals surface area contributed by atoms with Crippen LogP contribution in [-0.4, -0.2) is 9.78 Å². The van der Waals surface area contributed by atoms with Crippen molar-refractivity contribution in [2.75, 3.05) is 5.73 Å². The Hall–Kier alpha value is -1.29. The van der Waals surface area contributed by atoms with Crippen LogP contribution in [0.3, 0.4) is 0 Å². The molecule has 0 radical (unpaired) electrons. The number of nitrogen functional groups attached to an aromatic ring is 1. The number of nitrogens with two attached hydrogens (primary N) is 1. The van der Waals surface area contributed by atoms with E-state index in [1.807, 2.05) is 11.7 Å². The molecule has 2 aromatic heterocycles. The minimum atomic E-state index is 0.580. The lowest BCUT2D eigenvalue weighted by Gasteiger charge is -2.25. The van der Waals surface area contributed by atoms with E-state index >= 15 is 0 Å². The third-order valence-electron chi connectivity index (χ3n) is 4.29. The normalized spacial score (nSPS) is 23.7. The number of hydrogen-bond donors (Lipinski definition) is 1. The van der Waals surface area contributed by atoms with E-state index in [0.29, 0.717) is 5.92 Å². The van der Waals surface area contributed by atoms with Crippen molar-refractivity contribution in [3.05, 3.63) is 23.2 Å². The third kappa shape index (κ3) is 2.29. The summed E-state index contributed by atoms with van der Waals surface area (Å²) >= 11 is 1.75. The number of aryl methyl sites for hydroxylation is 1. The monoisotopic (exact) mass is 275 g/mol. The van der Waals surface area contributed by atoms with Gasteiger partial charge >= 0.3 is 0 Å². The maximum absolute atomic E-state index is 6.24. The lowest BCUT2D eigenvalue weighted by atomic mass is 9.80. The first-order valence-electron chi connectivity index (χ1n) is 7.03. The zero-order valence-electron chi connectivity index (χ0n) is 11.6. The second kappa shape index (κ2) is 5.00. The van der Waals surface area contributed by atoms with Crippen LogP contribution in [0.2, 0.25) is 0 Å². The summed E-state index contributed by atoms with van der Waals surface area (Å²) in [7, 11) is 1.95. The molecule has 0 atom stereocenters. The van der Waals surface area contributed by atoms with Gasteiger partial charge in [-0.3, -0.25) is 4.68 Å². The van der Waals surface area contributed by atoms with Gasteiger partial charge in [0.05, 0.1) is 11.3 Å². The Morgan fingerprint density at radius 3 is 2.68 bits per heavy atom. The van der Waals surface area contributed by atoms with Crippen LogP contribution in [-0.2, 0) is 7.05 Å². The maximum atomic E-state index is 6.24. The van der Waals surface area contributed by atoms with E-state index < -0.39 is 0 Å². The molecule has 1 aliphatic rings. The molecule has 0 amide bonds. The van der Waals surface area contributed by atoms with Crippen LogP contribution in [0, 0.1) is 5.92 Å². The predicted molar refractivity (Wildman–Crippen MR) is 81.3 cm³/mol. The highest BCUT2D eigenvalue weighted by Crippen LogP contribution is 2.42. The molecule has 3 rings (SSSR count). The van der Waals surface area contributed by atoms with E-state index in [1.54, 1.807) is 11.3 Å². The first kappa shape index (κ1) is 12.7. The fourth-order valence-corrected chi connectivity index (χ4v) is 3.84. The van der Waals surface area contributed by atoms with Gasteiger partial charge in [-0.05, 0) is 30.2 Å². The van der Waals surface area contributed by atoms with Crippen molar-refractivity contribution in [1.82, 2.24) is 9.78 Å². The molecule has 0 spiro atoms. The average molecular weight is 275 g/mol. The molecule has 0 bridgehead atoms. The van der Waals surface area contributed by atoms with E-state index in [9.17, 15) is 0 Å². The van der Waals surface area contributed by atoms with Crippen molar-refractivity contribution in [3.8, 4) is 10.4 Å². The van der Waals surface area contributed by atoms with Gasteiger partial charge in [0.15, 0.2) is 0 Å². The molecule has 3 nitrogen and oxygen atoms in total. The molecular formula is C15H21N3S. The molecule has 2 N–H and O–H groups in total. The molecule has 0 aromatic carbocycles. The van der Waals surface area contributed by atoms with Crippen LogP contribution in [0.5, 0.6) is 0 Å². The van der Waals surface area contributed by atoms with E-state index in [1.165, 1.54) is 41.8 Å². The van der Waals surface area contributed by atoms with Crippen LogP contribution in [0.25, 0.3) is 10.4 Å². The first-order valence-corrected chi connectivity index (χ1v) is 7.91. The SMILES string of the molecule is CC1CCC(c2nn(C)c(N)c2-c2cccs2)CC1. The smallest absolute Gasteiger partial charge is 0.130 e. The highest BCUT2D eigenvalue weighted by atomic mass is 32.1. The maximum Gasteiger partial charge on any atom is 0.130 e. The quantitative estimate of drug-likeness (QED) is 0.899. The van der Waals surface area contributed by atoms with E-state index in [0.717, 1.165) is 11.7 Å². The molecule has 1 aliphatic carbocycles. The van der Waals surface area contributed by atoms with Crippen molar-refractivity contribution >= 4 is 17.2 Å². The summed E-state index contributed by atoms with van der Waals surface area (Å²) in [4.78, 5) is 1.25. The van der Waals surface area contributed by atoms with Crippen molar-refractivity contribution in [1.29, 1.82) is 0 Å². The van der Waals surface area contributed by atoms with Gasteiger partial charge in [0.1, 0.15) is 5.82 Å². The fraction of sp³-hybridized carbons (Fsp3) is 0.533. The second-order valence-corrected chi connectivity index (χ2v) is 6.65. The van der Waals surface area contributed by atoms with Crippen LogP contribution in [0.4, 0.5) is 5.82 Å². The fourth-order valence-electron chi connectivity index (χ4n) is 3.05. The molecule has 102 valence electrons. The Morgan fingerprint density at radius 1 is 1.32 bits per heavy atom. The Labute approximate surface area is 118 Å².